The van der Waals surface area contributed by atoms with Crippen molar-refractivity contribution in [1.82, 2.24) is 20.4 Å². The normalized spacial score (nSPS) is 14.9. The summed E-state index contributed by atoms with van der Waals surface area (Å²) in [5.41, 5.74) is 3.48. The Labute approximate surface area is 169 Å². The molecule has 3 aromatic rings. The lowest BCUT2D eigenvalue weighted by molar-refractivity contribution is 0.0883. The van der Waals surface area contributed by atoms with Gasteiger partial charge in [0.25, 0.3) is 17.6 Å². The van der Waals surface area contributed by atoms with Crippen LogP contribution in [0.3, 0.4) is 0 Å². The molecule has 0 radical (unpaired) electrons. The second-order valence-corrected chi connectivity index (χ2v) is 7.24. The number of hydrogen-bond acceptors (Lipinski definition) is 6. The maximum absolute atomic E-state index is 12.2. The van der Waals surface area contributed by atoms with Crippen molar-refractivity contribution in [3.05, 3.63) is 71.5 Å². The van der Waals surface area contributed by atoms with E-state index in [0.29, 0.717) is 25.4 Å². The molecular formula is C22H24N4O3. The van der Waals surface area contributed by atoms with E-state index >= 15 is 0 Å². The molecule has 1 unspecified atom stereocenters. The van der Waals surface area contributed by atoms with Crippen molar-refractivity contribution in [3.8, 4) is 11.5 Å². The first-order valence-corrected chi connectivity index (χ1v) is 9.83. The topological polar surface area (TPSA) is 91.5 Å². The fourth-order valence-corrected chi connectivity index (χ4v) is 3.54. The van der Waals surface area contributed by atoms with Gasteiger partial charge < -0.3 is 14.9 Å². The first kappa shape index (κ1) is 19.3. The van der Waals surface area contributed by atoms with E-state index in [-0.39, 0.29) is 5.82 Å². The van der Waals surface area contributed by atoms with E-state index in [1.54, 1.807) is 0 Å². The second kappa shape index (κ2) is 8.98. The quantitative estimate of drug-likeness (QED) is 0.641. The molecule has 2 heterocycles. The van der Waals surface area contributed by atoms with Crippen molar-refractivity contribution in [2.45, 2.75) is 25.5 Å². The molecule has 29 heavy (non-hydrogen) atoms. The smallest absolute Gasteiger partial charge is 0.292 e. The Balaban J connectivity index is 1.22. The summed E-state index contributed by atoms with van der Waals surface area (Å²) in [4.78, 5) is 18.6. The average molecular weight is 392 g/mol. The lowest BCUT2D eigenvalue weighted by Crippen LogP contribution is -2.38. The number of fused-ring (bicyclic) bond motifs is 1. The second-order valence-electron chi connectivity index (χ2n) is 7.24. The minimum absolute atomic E-state index is 0.00835. The predicted molar refractivity (Wildman–Crippen MR) is 108 cm³/mol. The summed E-state index contributed by atoms with van der Waals surface area (Å²) in [6.45, 7) is 2.72. The summed E-state index contributed by atoms with van der Waals surface area (Å²) in [5, 5.41) is 16.8. The minimum atomic E-state index is -0.509. The standard InChI is InChI=1S/C22H24N4O3/c27-19(15-26-13-11-16-6-4-5-9-18(16)14-26)10-12-23-21(28)20-24-22(29-25-20)17-7-2-1-3-8-17/h1-9,19,27H,10-15H2,(H,23,28). The number of nitrogens with one attached hydrogen (secondary N) is 1. The predicted octanol–water partition coefficient (Wildman–Crippen LogP) is 2.28. The Hall–Kier alpha value is -3.03. The molecule has 7 heteroatoms. The molecule has 7 nitrogen and oxygen atoms in total. The molecule has 0 saturated heterocycles. The third-order valence-corrected chi connectivity index (χ3v) is 5.09. The summed E-state index contributed by atoms with van der Waals surface area (Å²) >= 11 is 0. The monoisotopic (exact) mass is 392 g/mol. The van der Waals surface area contributed by atoms with Gasteiger partial charge in [-0.1, -0.05) is 47.6 Å². The van der Waals surface area contributed by atoms with E-state index in [1.807, 2.05) is 30.3 Å². The summed E-state index contributed by atoms with van der Waals surface area (Å²) in [5.74, 6) is -0.109. The van der Waals surface area contributed by atoms with Crippen LogP contribution in [0, 0.1) is 0 Å². The minimum Gasteiger partial charge on any atom is -0.392 e. The molecule has 0 fully saturated rings. The van der Waals surface area contributed by atoms with E-state index in [1.165, 1.54) is 11.1 Å². The van der Waals surface area contributed by atoms with Crippen molar-refractivity contribution in [3.63, 3.8) is 0 Å². The van der Waals surface area contributed by atoms with Gasteiger partial charge in [0, 0.05) is 31.7 Å². The van der Waals surface area contributed by atoms with Crippen LogP contribution < -0.4 is 5.32 Å². The summed E-state index contributed by atoms with van der Waals surface area (Å²) in [6, 6.07) is 17.7. The van der Waals surface area contributed by atoms with Gasteiger partial charge in [-0.15, -0.1) is 0 Å². The van der Waals surface area contributed by atoms with Crippen molar-refractivity contribution in [2.75, 3.05) is 19.6 Å². The fraction of sp³-hybridized carbons (Fsp3) is 0.318. The Bertz CT molecular complexity index is 957. The van der Waals surface area contributed by atoms with Gasteiger partial charge in [0.05, 0.1) is 6.10 Å². The number of amides is 1. The molecule has 1 atom stereocenters. The van der Waals surface area contributed by atoms with Crippen LogP contribution in [-0.2, 0) is 13.0 Å². The van der Waals surface area contributed by atoms with Crippen LogP contribution in [0.4, 0.5) is 0 Å². The van der Waals surface area contributed by atoms with Gasteiger partial charge in [-0.3, -0.25) is 9.69 Å². The van der Waals surface area contributed by atoms with E-state index in [9.17, 15) is 9.90 Å². The highest BCUT2D eigenvalue weighted by atomic mass is 16.5. The summed E-state index contributed by atoms with van der Waals surface area (Å²) in [7, 11) is 0. The van der Waals surface area contributed by atoms with Crippen LogP contribution in [0.2, 0.25) is 0 Å². The number of carbonyl (C=O) groups is 1. The number of nitrogens with zero attached hydrogens (tertiary/aromatic N) is 3. The third-order valence-electron chi connectivity index (χ3n) is 5.09. The van der Waals surface area contributed by atoms with E-state index in [4.69, 9.17) is 4.52 Å². The number of rotatable bonds is 7. The number of hydrogen-bond donors (Lipinski definition) is 2. The summed E-state index contributed by atoms with van der Waals surface area (Å²) < 4.78 is 5.15. The highest BCUT2D eigenvalue weighted by molar-refractivity contribution is 5.90. The number of aliphatic hydroxyl groups is 1. The number of benzene rings is 2. The fourth-order valence-electron chi connectivity index (χ4n) is 3.54. The van der Waals surface area contributed by atoms with E-state index < -0.39 is 12.0 Å². The molecule has 150 valence electrons. The van der Waals surface area contributed by atoms with Crippen LogP contribution in [0.1, 0.15) is 28.2 Å². The van der Waals surface area contributed by atoms with Crippen molar-refractivity contribution in [1.29, 1.82) is 0 Å². The Kier molecular flexibility index (Phi) is 5.97. The molecule has 1 amide bonds. The molecule has 1 aromatic heterocycles. The first-order valence-electron chi connectivity index (χ1n) is 9.83. The molecule has 0 spiro atoms. The van der Waals surface area contributed by atoms with Crippen molar-refractivity contribution >= 4 is 5.91 Å². The molecule has 1 aliphatic heterocycles. The van der Waals surface area contributed by atoms with Crippen LogP contribution in [0.5, 0.6) is 0 Å². The SMILES string of the molecule is O=C(NCCC(O)CN1CCc2ccccc2C1)c1noc(-c2ccccc2)n1. The Morgan fingerprint density at radius 3 is 2.72 bits per heavy atom. The van der Waals surface area contributed by atoms with Gasteiger partial charge in [-0.25, -0.2) is 0 Å². The summed E-state index contributed by atoms with van der Waals surface area (Å²) in [6.07, 6.45) is 0.958. The zero-order chi connectivity index (χ0) is 20.1. The van der Waals surface area contributed by atoms with Crippen LogP contribution in [0.15, 0.2) is 59.1 Å². The molecule has 2 N–H and O–H groups in total. The molecule has 0 bridgehead atoms. The molecule has 1 aliphatic rings. The maximum Gasteiger partial charge on any atom is 0.292 e. The molecule has 0 aliphatic carbocycles. The lowest BCUT2D eigenvalue weighted by atomic mass is 9.99. The highest BCUT2D eigenvalue weighted by Crippen LogP contribution is 2.19. The number of aliphatic hydroxyl groups excluding tert-OH is 1. The van der Waals surface area contributed by atoms with E-state index in [0.717, 1.165) is 25.1 Å². The highest BCUT2D eigenvalue weighted by Gasteiger charge is 2.19. The number of β-amino-alcohol motifs (C(OH)–C–C–N with tert-alkyl or cyclic N) is 1. The zero-order valence-electron chi connectivity index (χ0n) is 16.1. The van der Waals surface area contributed by atoms with Gasteiger partial charge in [0.2, 0.25) is 0 Å². The van der Waals surface area contributed by atoms with Crippen molar-refractivity contribution < 1.29 is 14.4 Å². The van der Waals surface area contributed by atoms with Gasteiger partial charge >= 0.3 is 0 Å². The third kappa shape index (κ3) is 4.88. The number of aromatic nitrogens is 2. The molecule has 4 rings (SSSR count). The zero-order valence-corrected chi connectivity index (χ0v) is 16.1. The van der Waals surface area contributed by atoms with Crippen LogP contribution in [0.25, 0.3) is 11.5 Å². The van der Waals surface area contributed by atoms with E-state index in [2.05, 4.69) is 44.6 Å². The van der Waals surface area contributed by atoms with Gasteiger partial charge in [-0.05, 0) is 36.1 Å². The van der Waals surface area contributed by atoms with Crippen molar-refractivity contribution in [2.24, 2.45) is 0 Å². The van der Waals surface area contributed by atoms with Gasteiger partial charge in [0.15, 0.2) is 0 Å². The lowest BCUT2D eigenvalue weighted by Gasteiger charge is -2.30. The molecule has 2 aromatic carbocycles. The molecular weight excluding hydrogens is 368 g/mol. The largest absolute Gasteiger partial charge is 0.392 e. The van der Waals surface area contributed by atoms with Crippen LogP contribution >= 0.6 is 0 Å². The van der Waals surface area contributed by atoms with Crippen LogP contribution in [-0.4, -0.2) is 51.8 Å². The first-order chi connectivity index (χ1) is 14.2. The van der Waals surface area contributed by atoms with Gasteiger partial charge in [-0.2, -0.15) is 4.98 Å². The number of carbonyl (C=O) groups excluding carboxylic acids is 1. The Morgan fingerprint density at radius 2 is 1.90 bits per heavy atom. The Morgan fingerprint density at radius 1 is 1.14 bits per heavy atom. The maximum atomic E-state index is 12.2. The average Bonchev–Trinajstić information content (AvgIpc) is 3.25. The van der Waals surface area contributed by atoms with Gasteiger partial charge in [0.1, 0.15) is 0 Å². The molecule has 0 saturated carbocycles.